The van der Waals surface area contributed by atoms with Crippen LogP contribution in [0.25, 0.3) is 0 Å². The molecule has 7 heteroatoms. The Balaban J connectivity index is 1.73. The molecule has 0 spiro atoms. The van der Waals surface area contributed by atoms with Crippen LogP contribution >= 0.6 is 0 Å². The standard InChI is InChI=1S/C22H24N4O3/c1-14(2)16-7-5-6-8-17(16)25-21-13-23-19(12-24-21)22(27)26-18-10-9-15(28-3)11-20(18)29-4/h5-14H,1-4H3,(H,24,25)(H,26,27). The molecule has 1 heterocycles. The Morgan fingerprint density at radius 3 is 2.41 bits per heavy atom. The van der Waals surface area contributed by atoms with E-state index < -0.39 is 0 Å². The van der Waals surface area contributed by atoms with Gasteiger partial charge in [0.05, 0.1) is 32.3 Å². The third-order valence-corrected chi connectivity index (χ3v) is 4.39. The summed E-state index contributed by atoms with van der Waals surface area (Å²) in [7, 11) is 3.09. The molecule has 0 bridgehead atoms. The molecule has 29 heavy (non-hydrogen) atoms. The number of aromatic nitrogens is 2. The molecular weight excluding hydrogens is 368 g/mol. The van der Waals surface area contributed by atoms with Gasteiger partial charge in [0.1, 0.15) is 23.0 Å². The first kappa shape index (κ1) is 20.1. The fourth-order valence-electron chi connectivity index (χ4n) is 2.85. The number of anilines is 3. The Hall–Kier alpha value is -3.61. The van der Waals surface area contributed by atoms with Crippen molar-refractivity contribution in [2.75, 3.05) is 24.9 Å². The molecule has 0 radical (unpaired) electrons. The van der Waals surface area contributed by atoms with Crippen LogP contribution in [0.5, 0.6) is 11.5 Å². The van der Waals surface area contributed by atoms with Crippen LogP contribution in [0.2, 0.25) is 0 Å². The van der Waals surface area contributed by atoms with Gasteiger partial charge < -0.3 is 20.1 Å². The highest BCUT2D eigenvalue weighted by Crippen LogP contribution is 2.29. The summed E-state index contributed by atoms with van der Waals surface area (Å²) in [6.07, 6.45) is 2.98. The van der Waals surface area contributed by atoms with Crippen LogP contribution in [-0.2, 0) is 0 Å². The Bertz CT molecular complexity index is 988. The van der Waals surface area contributed by atoms with Crippen molar-refractivity contribution in [1.82, 2.24) is 9.97 Å². The molecule has 0 saturated heterocycles. The molecule has 0 unspecified atom stereocenters. The number of hydrogen-bond acceptors (Lipinski definition) is 6. The first-order chi connectivity index (χ1) is 14.0. The number of nitrogens with zero attached hydrogens (tertiary/aromatic N) is 2. The predicted molar refractivity (Wildman–Crippen MR) is 113 cm³/mol. The fraction of sp³-hybridized carbons (Fsp3) is 0.227. The van der Waals surface area contributed by atoms with Crippen LogP contribution in [-0.4, -0.2) is 30.1 Å². The number of para-hydroxylation sites is 1. The zero-order chi connectivity index (χ0) is 20.8. The van der Waals surface area contributed by atoms with E-state index in [9.17, 15) is 4.79 Å². The fourth-order valence-corrected chi connectivity index (χ4v) is 2.85. The molecule has 0 aliphatic rings. The first-order valence-electron chi connectivity index (χ1n) is 9.23. The van der Waals surface area contributed by atoms with Crippen molar-refractivity contribution in [1.29, 1.82) is 0 Å². The van der Waals surface area contributed by atoms with Gasteiger partial charge in [0.25, 0.3) is 5.91 Å². The Labute approximate surface area is 170 Å². The van der Waals surface area contributed by atoms with Crippen molar-refractivity contribution >= 4 is 23.1 Å². The Kier molecular flexibility index (Phi) is 6.29. The lowest BCUT2D eigenvalue weighted by molar-refractivity contribution is 0.102. The second kappa shape index (κ2) is 9.05. The van der Waals surface area contributed by atoms with Gasteiger partial charge in [0.2, 0.25) is 0 Å². The number of amides is 1. The molecule has 2 aromatic carbocycles. The maximum absolute atomic E-state index is 12.5. The topological polar surface area (TPSA) is 85.4 Å². The van der Waals surface area contributed by atoms with Gasteiger partial charge in [-0.15, -0.1) is 0 Å². The molecule has 0 fully saturated rings. The first-order valence-corrected chi connectivity index (χ1v) is 9.23. The largest absolute Gasteiger partial charge is 0.497 e. The molecule has 150 valence electrons. The van der Waals surface area contributed by atoms with Crippen molar-refractivity contribution in [3.05, 3.63) is 66.1 Å². The zero-order valence-electron chi connectivity index (χ0n) is 16.9. The highest BCUT2D eigenvalue weighted by atomic mass is 16.5. The van der Waals surface area contributed by atoms with Gasteiger partial charge >= 0.3 is 0 Å². The van der Waals surface area contributed by atoms with E-state index in [0.717, 1.165) is 5.69 Å². The molecule has 1 amide bonds. The SMILES string of the molecule is COc1ccc(NC(=O)c2cnc(Nc3ccccc3C(C)C)cn2)c(OC)c1. The molecule has 0 aliphatic heterocycles. The number of rotatable bonds is 7. The van der Waals surface area contributed by atoms with Crippen molar-refractivity contribution in [2.24, 2.45) is 0 Å². The van der Waals surface area contributed by atoms with Gasteiger partial charge in [-0.1, -0.05) is 32.0 Å². The Morgan fingerprint density at radius 1 is 0.966 bits per heavy atom. The zero-order valence-corrected chi connectivity index (χ0v) is 16.9. The summed E-state index contributed by atoms with van der Waals surface area (Å²) in [4.78, 5) is 21.1. The number of hydrogen-bond donors (Lipinski definition) is 2. The highest BCUT2D eigenvalue weighted by Gasteiger charge is 2.13. The van der Waals surface area contributed by atoms with Gasteiger partial charge in [-0.2, -0.15) is 0 Å². The van der Waals surface area contributed by atoms with Crippen LogP contribution in [0.1, 0.15) is 35.8 Å². The second-order valence-electron chi connectivity index (χ2n) is 6.67. The summed E-state index contributed by atoms with van der Waals surface area (Å²) < 4.78 is 10.5. The number of ether oxygens (including phenoxy) is 2. The second-order valence-corrected chi connectivity index (χ2v) is 6.67. The van der Waals surface area contributed by atoms with E-state index in [2.05, 4.69) is 40.5 Å². The van der Waals surface area contributed by atoms with Gasteiger partial charge in [-0.05, 0) is 29.7 Å². The number of nitrogens with one attached hydrogen (secondary N) is 2. The van der Waals surface area contributed by atoms with Crippen molar-refractivity contribution < 1.29 is 14.3 Å². The van der Waals surface area contributed by atoms with E-state index in [0.29, 0.717) is 28.9 Å². The lowest BCUT2D eigenvalue weighted by Gasteiger charge is -2.14. The quantitative estimate of drug-likeness (QED) is 0.611. The van der Waals surface area contributed by atoms with Crippen LogP contribution in [0.15, 0.2) is 54.9 Å². The van der Waals surface area contributed by atoms with Crippen LogP contribution in [0.4, 0.5) is 17.2 Å². The Morgan fingerprint density at radius 2 is 1.76 bits per heavy atom. The van der Waals surface area contributed by atoms with E-state index in [1.807, 2.05) is 18.2 Å². The lowest BCUT2D eigenvalue weighted by atomic mass is 10.0. The van der Waals surface area contributed by atoms with E-state index >= 15 is 0 Å². The average Bonchev–Trinajstić information content (AvgIpc) is 2.74. The van der Waals surface area contributed by atoms with Crippen LogP contribution in [0.3, 0.4) is 0 Å². The van der Waals surface area contributed by atoms with Crippen LogP contribution < -0.4 is 20.1 Å². The summed E-state index contributed by atoms with van der Waals surface area (Å²) in [5, 5.41) is 6.04. The van der Waals surface area contributed by atoms with E-state index in [-0.39, 0.29) is 11.6 Å². The minimum absolute atomic E-state index is 0.200. The molecule has 0 aliphatic carbocycles. The van der Waals surface area contributed by atoms with E-state index in [1.165, 1.54) is 25.1 Å². The van der Waals surface area contributed by atoms with Crippen molar-refractivity contribution in [2.45, 2.75) is 19.8 Å². The van der Waals surface area contributed by atoms with Gasteiger partial charge in [0, 0.05) is 11.8 Å². The number of methoxy groups -OCH3 is 2. The molecule has 3 rings (SSSR count). The molecule has 7 nitrogen and oxygen atoms in total. The third-order valence-electron chi connectivity index (χ3n) is 4.39. The minimum atomic E-state index is -0.380. The molecule has 1 aromatic heterocycles. The molecule has 0 saturated carbocycles. The van der Waals surface area contributed by atoms with Gasteiger partial charge in [-0.3, -0.25) is 4.79 Å². The maximum atomic E-state index is 12.5. The molecule has 3 aromatic rings. The predicted octanol–water partition coefficient (Wildman–Crippen LogP) is 4.61. The monoisotopic (exact) mass is 392 g/mol. The summed E-state index contributed by atoms with van der Waals surface area (Å²) in [6.45, 7) is 4.26. The van der Waals surface area contributed by atoms with E-state index in [1.54, 1.807) is 25.3 Å². The summed E-state index contributed by atoms with van der Waals surface area (Å²) >= 11 is 0. The number of carbonyl (C=O) groups excluding carboxylic acids is 1. The van der Waals surface area contributed by atoms with Crippen molar-refractivity contribution in [3.63, 3.8) is 0 Å². The van der Waals surface area contributed by atoms with Gasteiger partial charge in [-0.25, -0.2) is 9.97 Å². The maximum Gasteiger partial charge on any atom is 0.275 e. The molecular formula is C22H24N4O3. The van der Waals surface area contributed by atoms with Gasteiger partial charge in [0.15, 0.2) is 0 Å². The van der Waals surface area contributed by atoms with E-state index in [4.69, 9.17) is 9.47 Å². The third kappa shape index (κ3) is 4.82. The summed E-state index contributed by atoms with van der Waals surface area (Å²) in [6, 6.07) is 13.2. The lowest BCUT2D eigenvalue weighted by Crippen LogP contribution is -2.15. The normalized spacial score (nSPS) is 10.5. The molecule has 2 N–H and O–H groups in total. The van der Waals surface area contributed by atoms with Crippen LogP contribution in [0, 0.1) is 0 Å². The molecule has 0 atom stereocenters. The van der Waals surface area contributed by atoms with Crippen molar-refractivity contribution in [3.8, 4) is 11.5 Å². The number of benzene rings is 2. The summed E-state index contributed by atoms with van der Waals surface area (Å²) in [5.74, 6) is 1.69. The average molecular weight is 392 g/mol. The highest BCUT2D eigenvalue weighted by molar-refractivity contribution is 6.03. The minimum Gasteiger partial charge on any atom is -0.497 e. The smallest absolute Gasteiger partial charge is 0.275 e. The number of carbonyl (C=O) groups is 1. The summed E-state index contributed by atoms with van der Waals surface area (Å²) in [5.41, 5.74) is 2.87.